The quantitative estimate of drug-likeness (QED) is 0.773. The molecule has 1 aromatic heterocycles. The third kappa shape index (κ3) is 3.82. The fourth-order valence-corrected chi connectivity index (χ4v) is 2.10. The van der Waals surface area contributed by atoms with E-state index in [2.05, 4.69) is 17.2 Å². The molecule has 1 saturated heterocycles. The van der Waals surface area contributed by atoms with Crippen molar-refractivity contribution in [2.45, 2.75) is 45.1 Å². The van der Waals surface area contributed by atoms with Crippen molar-refractivity contribution >= 4 is 0 Å². The summed E-state index contributed by atoms with van der Waals surface area (Å²) in [6.07, 6.45) is 7.39. The van der Waals surface area contributed by atoms with Crippen molar-refractivity contribution in [1.29, 1.82) is 0 Å². The maximum atomic E-state index is 5.74. The van der Waals surface area contributed by atoms with Crippen LogP contribution in [0.2, 0.25) is 0 Å². The number of hydrogen-bond acceptors (Lipinski definition) is 4. The molecule has 1 aromatic rings. The first kappa shape index (κ1) is 12.6. The smallest absolute Gasteiger partial charge is 0.194 e. The Morgan fingerprint density at radius 2 is 2.41 bits per heavy atom. The average Bonchev–Trinajstić information content (AvgIpc) is 2.85. The Kier molecular flexibility index (Phi) is 5.01. The standard InChI is InChI=1S/C13H22N2O2/c1-2-14-8-5-7-13-15-10-12(17-13)11-6-3-4-9-16-11/h10-11,14H,2-9H2,1H3. The zero-order valence-corrected chi connectivity index (χ0v) is 10.6. The van der Waals surface area contributed by atoms with Gasteiger partial charge in [0.15, 0.2) is 11.7 Å². The van der Waals surface area contributed by atoms with E-state index < -0.39 is 0 Å². The van der Waals surface area contributed by atoms with Gasteiger partial charge in [-0.1, -0.05) is 6.92 Å². The van der Waals surface area contributed by atoms with Crippen LogP contribution in [0.1, 0.15) is 50.4 Å². The molecule has 0 aliphatic carbocycles. The molecular weight excluding hydrogens is 216 g/mol. The Morgan fingerprint density at radius 1 is 1.47 bits per heavy atom. The van der Waals surface area contributed by atoms with Gasteiger partial charge in [-0.05, 0) is 38.8 Å². The van der Waals surface area contributed by atoms with Gasteiger partial charge in [0, 0.05) is 13.0 Å². The molecule has 0 spiro atoms. The number of aromatic nitrogens is 1. The minimum absolute atomic E-state index is 0.138. The molecule has 0 bridgehead atoms. The van der Waals surface area contributed by atoms with Gasteiger partial charge in [-0.15, -0.1) is 0 Å². The van der Waals surface area contributed by atoms with Crippen molar-refractivity contribution in [3.05, 3.63) is 17.8 Å². The maximum Gasteiger partial charge on any atom is 0.194 e. The highest BCUT2D eigenvalue weighted by Gasteiger charge is 2.19. The summed E-state index contributed by atoms with van der Waals surface area (Å²) in [4.78, 5) is 4.31. The first-order valence-electron chi connectivity index (χ1n) is 6.67. The highest BCUT2D eigenvalue weighted by atomic mass is 16.5. The van der Waals surface area contributed by atoms with Gasteiger partial charge < -0.3 is 14.5 Å². The van der Waals surface area contributed by atoms with Crippen molar-refractivity contribution < 1.29 is 9.15 Å². The van der Waals surface area contributed by atoms with E-state index in [-0.39, 0.29) is 6.10 Å². The molecule has 1 fully saturated rings. The number of rotatable bonds is 6. The Labute approximate surface area is 103 Å². The van der Waals surface area contributed by atoms with E-state index >= 15 is 0 Å². The molecule has 2 rings (SSSR count). The molecule has 96 valence electrons. The van der Waals surface area contributed by atoms with Gasteiger partial charge in [-0.25, -0.2) is 4.98 Å². The van der Waals surface area contributed by atoms with Crippen LogP contribution in [0.5, 0.6) is 0 Å². The monoisotopic (exact) mass is 238 g/mol. The van der Waals surface area contributed by atoms with Gasteiger partial charge in [0.25, 0.3) is 0 Å². The number of nitrogens with one attached hydrogen (secondary N) is 1. The Hall–Kier alpha value is -0.870. The summed E-state index contributed by atoms with van der Waals surface area (Å²) in [6.45, 7) is 5.01. The van der Waals surface area contributed by atoms with E-state index in [4.69, 9.17) is 9.15 Å². The van der Waals surface area contributed by atoms with Crippen molar-refractivity contribution in [3.63, 3.8) is 0 Å². The molecule has 0 amide bonds. The molecule has 1 unspecified atom stereocenters. The Balaban J connectivity index is 1.78. The summed E-state index contributed by atoms with van der Waals surface area (Å²) in [6, 6.07) is 0. The molecule has 4 heteroatoms. The second kappa shape index (κ2) is 6.77. The van der Waals surface area contributed by atoms with Crippen LogP contribution in [0.4, 0.5) is 0 Å². The lowest BCUT2D eigenvalue weighted by atomic mass is 10.1. The van der Waals surface area contributed by atoms with Crippen LogP contribution < -0.4 is 5.32 Å². The van der Waals surface area contributed by atoms with Crippen LogP contribution in [0.3, 0.4) is 0 Å². The van der Waals surface area contributed by atoms with Gasteiger partial charge in [-0.3, -0.25) is 0 Å². The van der Waals surface area contributed by atoms with Crippen LogP contribution in [-0.2, 0) is 11.2 Å². The largest absolute Gasteiger partial charge is 0.443 e. The van der Waals surface area contributed by atoms with Crippen LogP contribution in [0.15, 0.2) is 10.6 Å². The molecule has 1 aliphatic heterocycles. The van der Waals surface area contributed by atoms with Crippen LogP contribution in [0.25, 0.3) is 0 Å². The maximum absolute atomic E-state index is 5.74. The zero-order valence-electron chi connectivity index (χ0n) is 10.6. The highest BCUT2D eigenvalue weighted by molar-refractivity contribution is 4.99. The predicted octanol–water partition coefficient (Wildman–Crippen LogP) is 2.46. The van der Waals surface area contributed by atoms with E-state index in [1.165, 1.54) is 12.8 Å². The van der Waals surface area contributed by atoms with Gasteiger partial charge >= 0.3 is 0 Å². The predicted molar refractivity (Wildman–Crippen MR) is 65.9 cm³/mol. The van der Waals surface area contributed by atoms with Crippen LogP contribution in [-0.4, -0.2) is 24.7 Å². The molecule has 0 saturated carbocycles. The van der Waals surface area contributed by atoms with Crippen molar-refractivity contribution in [3.8, 4) is 0 Å². The molecule has 1 atom stereocenters. The van der Waals surface area contributed by atoms with Crippen LogP contribution in [0, 0.1) is 0 Å². The minimum atomic E-state index is 0.138. The molecule has 0 aromatic carbocycles. The van der Waals surface area contributed by atoms with E-state index in [0.29, 0.717) is 0 Å². The first-order valence-corrected chi connectivity index (χ1v) is 6.67. The molecule has 0 radical (unpaired) electrons. The summed E-state index contributed by atoms with van der Waals surface area (Å²) < 4.78 is 11.4. The van der Waals surface area contributed by atoms with Crippen LogP contribution >= 0.6 is 0 Å². The average molecular weight is 238 g/mol. The molecule has 17 heavy (non-hydrogen) atoms. The second-order valence-electron chi connectivity index (χ2n) is 4.47. The molecular formula is C13H22N2O2. The van der Waals surface area contributed by atoms with Crippen molar-refractivity contribution in [2.24, 2.45) is 0 Å². The topological polar surface area (TPSA) is 47.3 Å². The fourth-order valence-electron chi connectivity index (χ4n) is 2.10. The molecule has 2 heterocycles. The zero-order chi connectivity index (χ0) is 11.9. The van der Waals surface area contributed by atoms with E-state index in [1.807, 2.05) is 6.20 Å². The fraction of sp³-hybridized carbons (Fsp3) is 0.769. The summed E-state index contributed by atoms with van der Waals surface area (Å²) in [5, 5.41) is 3.29. The van der Waals surface area contributed by atoms with E-state index in [1.54, 1.807) is 0 Å². The summed E-state index contributed by atoms with van der Waals surface area (Å²) >= 11 is 0. The van der Waals surface area contributed by atoms with Crippen molar-refractivity contribution in [1.82, 2.24) is 10.3 Å². The lowest BCUT2D eigenvalue weighted by molar-refractivity contribution is 0.00127. The number of oxazole rings is 1. The van der Waals surface area contributed by atoms with Gasteiger partial charge in [0.05, 0.1) is 6.20 Å². The number of ether oxygens (including phenoxy) is 1. The number of aryl methyl sites for hydroxylation is 1. The summed E-state index contributed by atoms with van der Waals surface area (Å²) in [7, 11) is 0. The Bertz CT molecular complexity index is 319. The summed E-state index contributed by atoms with van der Waals surface area (Å²) in [5.74, 6) is 1.75. The number of hydrogen-bond donors (Lipinski definition) is 1. The lowest BCUT2D eigenvalue weighted by Crippen LogP contribution is -2.14. The SMILES string of the molecule is CCNCCCc1ncc(C2CCCCO2)o1. The van der Waals surface area contributed by atoms with E-state index in [9.17, 15) is 0 Å². The third-order valence-corrected chi connectivity index (χ3v) is 3.06. The van der Waals surface area contributed by atoms with Crippen molar-refractivity contribution in [2.75, 3.05) is 19.7 Å². The normalized spacial score (nSPS) is 20.6. The summed E-state index contributed by atoms with van der Waals surface area (Å²) in [5.41, 5.74) is 0. The molecule has 4 nitrogen and oxygen atoms in total. The number of nitrogens with zero attached hydrogens (tertiary/aromatic N) is 1. The van der Waals surface area contributed by atoms with Gasteiger partial charge in [-0.2, -0.15) is 0 Å². The highest BCUT2D eigenvalue weighted by Crippen LogP contribution is 2.28. The minimum Gasteiger partial charge on any atom is -0.443 e. The van der Waals surface area contributed by atoms with E-state index in [0.717, 1.165) is 50.6 Å². The lowest BCUT2D eigenvalue weighted by Gasteiger charge is -2.19. The van der Waals surface area contributed by atoms with Gasteiger partial charge in [0.1, 0.15) is 6.10 Å². The molecule has 1 aliphatic rings. The molecule has 1 N–H and O–H groups in total. The second-order valence-corrected chi connectivity index (χ2v) is 4.47. The third-order valence-electron chi connectivity index (χ3n) is 3.06. The Morgan fingerprint density at radius 3 is 3.18 bits per heavy atom. The van der Waals surface area contributed by atoms with Gasteiger partial charge in [0.2, 0.25) is 0 Å². The first-order chi connectivity index (χ1) is 8.40.